The van der Waals surface area contributed by atoms with Crippen molar-refractivity contribution in [2.45, 2.75) is 69.6 Å². The first kappa shape index (κ1) is 23.4. The maximum absolute atomic E-state index is 14.3. The Labute approximate surface area is 207 Å². The van der Waals surface area contributed by atoms with Gasteiger partial charge >= 0.3 is 5.92 Å². The molecule has 1 aliphatic carbocycles. The van der Waals surface area contributed by atoms with E-state index >= 15 is 0 Å². The summed E-state index contributed by atoms with van der Waals surface area (Å²) in [7, 11) is 0. The molecule has 3 aromatic rings. The van der Waals surface area contributed by atoms with Gasteiger partial charge in [0.25, 0.3) is 0 Å². The molecule has 1 fully saturated rings. The van der Waals surface area contributed by atoms with Crippen LogP contribution in [0.4, 0.5) is 14.6 Å². The van der Waals surface area contributed by atoms with Crippen LogP contribution in [0, 0.1) is 6.92 Å². The van der Waals surface area contributed by atoms with Gasteiger partial charge in [-0.2, -0.15) is 8.78 Å². The fourth-order valence-corrected chi connectivity index (χ4v) is 5.75. The summed E-state index contributed by atoms with van der Waals surface area (Å²) in [4.78, 5) is 9.37. The molecule has 0 unspecified atom stereocenters. The summed E-state index contributed by atoms with van der Waals surface area (Å²) in [5, 5.41) is 25.8. The van der Waals surface area contributed by atoms with Gasteiger partial charge < -0.3 is 25.0 Å². The molecule has 0 radical (unpaired) electrons. The van der Waals surface area contributed by atoms with Crippen molar-refractivity contribution in [1.29, 1.82) is 0 Å². The van der Waals surface area contributed by atoms with Crippen molar-refractivity contribution in [1.82, 2.24) is 9.97 Å². The number of aromatic nitrogens is 2. The van der Waals surface area contributed by atoms with Gasteiger partial charge in [0, 0.05) is 28.5 Å². The summed E-state index contributed by atoms with van der Waals surface area (Å²) in [5.41, 5.74) is 1.80. The Hall–Kier alpha value is -3.04. The van der Waals surface area contributed by atoms with Crippen LogP contribution in [-0.2, 0) is 17.9 Å². The second-order valence-electron chi connectivity index (χ2n) is 10.2. The molecular formula is C27H29F2N3O4. The van der Waals surface area contributed by atoms with Crippen molar-refractivity contribution < 1.29 is 28.5 Å². The van der Waals surface area contributed by atoms with E-state index in [4.69, 9.17) is 14.5 Å². The van der Waals surface area contributed by atoms with Crippen LogP contribution in [0.3, 0.4) is 0 Å². The lowest BCUT2D eigenvalue weighted by Crippen LogP contribution is -2.33. The molecule has 0 saturated heterocycles. The molecule has 3 heterocycles. The number of aryl methyl sites for hydroxylation is 1. The highest BCUT2D eigenvalue weighted by molar-refractivity contribution is 5.94. The summed E-state index contributed by atoms with van der Waals surface area (Å²) < 4.78 is 39.9. The molecule has 2 aromatic carbocycles. The maximum atomic E-state index is 14.3. The predicted molar refractivity (Wildman–Crippen MR) is 130 cm³/mol. The Bertz CT molecular complexity index is 1350. The number of alkyl halides is 2. The van der Waals surface area contributed by atoms with Crippen LogP contribution in [0.1, 0.15) is 66.7 Å². The minimum Gasteiger partial charge on any atom is -0.492 e. The van der Waals surface area contributed by atoms with Gasteiger partial charge in [-0.15, -0.1) is 0 Å². The van der Waals surface area contributed by atoms with Crippen LogP contribution < -0.4 is 14.8 Å². The Kier molecular flexibility index (Phi) is 5.35. The van der Waals surface area contributed by atoms with Crippen LogP contribution in [0.5, 0.6) is 11.5 Å². The van der Waals surface area contributed by atoms with Gasteiger partial charge in [-0.25, -0.2) is 9.97 Å². The van der Waals surface area contributed by atoms with E-state index in [1.807, 2.05) is 19.9 Å². The molecule has 2 aliphatic heterocycles. The minimum atomic E-state index is -3.01. The highest BCUT2D eigenvalue weighted by Gasteiger charge is 2.43. The fourth-order valence-electron chi connectivity index (χ4n) is 5.75. The summed E-state index contributed by atoms with van der Waals surface area (Å²) in [5.74, 6) is -0.998. The average molecular weight is 498 g/mol. The standard InChI is InChI=1S/C27H29F2N3O4/c1-14(17-4-3-5-20-23(17)36-13-27(20,28)29)30-25-19-12-21(26(34)9-6-16(33)7-10-26)24-18(8-11-35-24)22(19)31-15(2)32-25/h3-5,12,14,16,33-34H,6-11,13H2,1-2H3,(H,30,31,32)/t14-,16-,26-/m1/s1. The van der Waals surface area contributed by atoms with Crippen LogP contribution in [-0.4, -0.2) is 39.5 Å². The number of ether oxygens (including phenoxy) is 2. The number of rotatable bonds is 4. The Morgan fingerprint density at radius 1 is 1.11 bits per heavy atom. The van der Waals surface area contributed by atoms with Gasteiger partial charge in [-0.3, -0.25) is 0 Å². The normalized spacial score (nSPS) is 25.1. The number of nitrogens with zero attached hydrogens (tertiary/aromatic N) is 2. The number of aliphatic hydroxyl groups excluding tert-OH is 1. The Balaban J connectivity index is 1.45. The number of hydrogen-bond acceptors (Lipinski definition) is 7. The average Bonchev–Trinajstić information content (AvgIpc) is 3.45. The van der Waals surface area contributed by atoms with E-state index < -0.39 is 24.2 Å². The highest BCUT2D eigenvalue weighted by atomic mass is 19.3. The Morgan fingerprint density at radius 3 is 2.67 bits per heavy atom. The summed E-state index contributed by atoms with van der Waals surface area (Å²) >= 11 is 0. The zero-order chi connectivity index (χ0) is 25.2. The van der Waals surface area contributed by atoms with Crippen molar-refractivity contribution in [3.63, 3.8) is 0 Å². The van der Waals surface area contributed by atoms with E-state index in [2.05, 4.69) is 10.3 Å². The second-order valence-corrected chi connectivity index (χ2v) is 10.2. The second kappa shape index (κ2) is 8.24. The van der Waals surface area contributed by atoms with Crippen LogP contribution in [0.25, 0.3) is 10.9 Å². The van der Waals surface area contributed by atoms with E-state index in [-0.39, 0.29) is 17.4 Å². The van der Waals surface area contributed by atoms with Crippen molar-refractivity contribution in [3.05, 3.63) is 52.3 Å². The van der Waals surface area contributed by atoms with Crippen LogP contribution >= 0.6 is 0 Å². The first-order valence-corrected chi connectivity index (χ1v) is 12.4. The van der Waals surface area contributed by atoms with Gasteiger partial charge in [0.15, 0.2) is 6.61 Å². The monoisotopic (exact) mass is 497 g/mol. The lowest BCUT2D eigenvalue weighted by molar-refractivity contribution is -0.0373. The number of aliphatic hydroxyl groups is 2. The Morgan fingerprint density at radius 2 is 1.89 bits per heavy atom. The lowest BCUT2D eigenvalue weighted by Gasteiger charge is -2.35. The van der Waals surface area contributed by atoms with E-state index in [1.165, 1.54) is 6.07 Å². The number of fused-ring (bicyclic) bond motifs is 4. The van der Waals surface area contributed by atoms with Gasteiger partial charge in [-0.05, 0) is 51.7 Å². The highest BCUT2D eigenvalue weighted by Crippen LogP contribution is 2.48. The van der Waals surface area contributed by atoms with Crippen molar-refractivity contribution >= 4 is 16.7 Å². The van der Waals surface area contributed by atoms with Crippen molar-refractivity contribution in [2.75, 3.05) is 18.5 Å². The van der Waals surface area contributed by atoms with Crippen LogP contribution in [0.15, 0.2) is 24.3 Å². The molecule has 3 aliphatic rings. The maximum Gasteiger partial charge on any atom is 0.310 e. The molecule has 1 atom stereocenters. The van der Waals surface area contributed by atoms with E-state index in [9.17, 15) is 19.0 Å². The third-order valence-corrected chi connectivity index (χ3v) is 7.69. The number of para-hydroxylation sites is 1. The number of anilines is 1. The molecule has 9 heteroatoms. The zero-order valence-corrected chi connectivity index (χ0v) is 20.3. The number of halogens is 2. The minimum absolute atomic E-state index is 0.101. The number of benzene rings is 2. The molecule has 0 spiro atoms. The molecular weight excluding hydrogens is 468 g/mol. The van der Waals surface area contributed by atoms with Gasteiger partial charge in [0.1, 0.15) is 23.1 Å². The molecule has 0 bridgehead atoms. The van der Waals surface area contributed by atoms with Gasteiger partial charge in [0.05, 0.1) is 35.4 Å². The topological polar surface area (TPSA) is 96.7 Å². The van der Waals surface area contributed by atoms with Gasteiger partial charge in [-0.1, -0.05) is 12.1 Å². The zero-order valence-electron chi connectivity index (χ0n) is 20.3. The van der Waals surface area contributed by atoms with Crippen molar-refractivity contribution in [2.24, 2.45) is 0 Å². The largest absolute Gasteiger partial charge is 0.492 e. The quantitative estimate of drug-likeness (QED) is 0.483. The summed E-state index contributed by atoms with van der Waals surface area (Å²) in [6, 6.07) is 6.31. The number of hydrogen-bond donors (Lipinski definition) is 3. The first-order chi connectivity index (χ1) is 17.2. The molecule has 6 rings (SSSR count). The third-order valence-electron chi connectivity index (χ3n) is 7.69. The van der Waals surface area contributed by atoms with E-state index in [0.717, 1.165) is 16.5 Å². The van der Waals surface area contributed by atoms with Crippen LogP contribution in [0.2, 0.25) is 0 Å². The predicted octanol–water partition coefficient (Wildman–Crippen LogP) is 4.65. The van der Waals surface area contributed by atoms with E-state index in [1.54, 1.807) is 12.1 Å². The molecule has 7 nitrogen and oxygen atoms in total. The molecule has 1 aromatic heterocycles. The third kappa shape index (κ3) is 3.67. The molecule has 36 heavy (non-hydrogen) atoms. The molecule has 190 valence electrons. The molecule has 0 amide bonds. The van der Waals surface area contributed by atoms with Gasteiger partial charge in [0.2, 0.25) is 0 Å². The SMILES string of the molecule is Cc1nc(N[C@H](C)c2cccc3c2OCC3(F)F)c2cc([C@]3(O)CC[C@H](O)CC3)c3c(c2n1)CCO3. The summed E-state index contributed by atoms with van der Waals surface area (Å²) in [6.45, 7) is 3.53. The summed E-state index contributed by atoms with van der Waals surface area (Å²) in [6.07, 6.45) is 2.15. The molecule has 3 N–H and O–H groups in total. The first-order valence-electron chi connectivity index (χ1n) is 12.4. The molecule has 1 saturated carbocycles. The smallest absolute Gasteiger partial charge is 0.310 e. The van der Waals surface area contributed by atoms with Crippen molar-refractivity contribution in [3.8, 4) is 11.5 Å². The fraction of sp³-hybridized carbons (Fsp3) is 0.481. The van der Waals surface area contributed by atoms with E-state index in [0.29, 0.717) is 67.2 Å². The number of nitrogens with one attached hydrogen (secondary N) is 1. The lowest BCUT2D eigenvalue weighted by atomic mass is 9.77.